The van der Waals surface area contributed by atoms with Crippen LogP contribution in [0.5, 0.6) is 11.5 Å². The van der Waals surface area contributed by atoms with Crippen LogP contribution in [-0.4, -0.2) is 39.2 Å². The summed E-state index contributed by atoms with van der Waals surface area (Å²) in [7, 11) is 5.59. The second-order valence-electron chi connectivity index (χ2n) is 6.06. The van der Waals surface area contributed by atoms with Crippen molar-refractivity contribution < 1.29 is 13.9 Å². The average molecular weight is 401 g/mol. The van der Waals surface area contributed by atoms with Crippen LogP contribution < -0.4 is 14.8 Å². The molecule has 0 spiro atoms. The van der Waals surface area contributed by atoms with E-state index in [1.54, 1.807) is 25.3 Å². The Bertz CT molecular complexity index is 721. The smallest absolute Gasteiger partial charge is 0.163 e. The van der Waals surface area contributed by atoms with E-state index in [2.05, 4.69) is 10.2 Å². The van der Waals surface area contributed by atoms with Crippen molar-refractivity contribution in [2.45, 2.75) is 13.2 Å². The molecular weight excluding hydrogens is 378 g/mol. The molecule has 1 N–H and O–H groups in total. The summed E-state index contributed by atoms with van der Waals surface area (Å²) in [4.78, 5) is 2.10. The molecule has 0 bridgehead atoms. The van der Waals surface area contributed by atoms with Crippen LogP contribution in [0.3, 0.4) is 0 Å². The van der Waals surface area contributed by atoms with Crippen molar-refractivity contribution in [2.75, 3.05) is 34.3 Å². The summed E-state index contributed by atoms with van der Waals surface area (Å²) >= 11 is 12.4. The molecule has 0 unspecified atom stereocenters. The van der Waals surface area contributed by atoms with E-state index >= 15 is 0 Å². The van der Waals surface area contributed by atoms with Gasteiger partial charge in [0.05, 0.1) is 12.1 Å². The van der Waals surface area contributed by atoms with Crippen LogP contribution in [0.15, 0.2) is 30.3 Å². The number of hydrogen-bond acceptors (Lipinski definition) is 4. The molecule has 0 saturated heterocycles. The molecule has 0 aromatic heterocycles. The predicted octanol–water partition coefficient (Wildman–Crippen LogP) is 4.37. The molecule has 0 aliphatic heterocycles. The Morgan fingerprint density at radius 1 is 1.12 bits per heavy atom. The second-order valence-corrected chi connectivity index (χ2v) is 6.88. The van der Waals surface area contributed by atoms with Crippen molar-refractivity contribution in [2.24, 2.45) is 0 Å². The van der Waals surface area contributed by atoms with E-state index in [0.717, 1.165) is 18.7 Å². The van der Waals surface area contributed by atoms with Crippen molar-refractivity contribution in [1.82, 2.24) is 10.2 Å². The van der Waals surface area contributed by atoms with Crippen LogP contribution in [0.1, 0.15) is 11.1 Å². The summed E-state index contributed by atoms with van der Waals surface area (Å²) < 4.78 is 25.0. The van der Waals surface area contributed by atoms with Gasteiger partial charge in [-0.2, -0.15) is 0 Å². The minimum atomic E-state index is -0.413. The number of ether oxygens (including phenoxy) is 2. The molecule has 2 aromatic rings. The zero-order valence-electron chi connectivity index (χ0n) is 15.1. The molecular formula is C19H23Cl2FN2O2. The lowest BCUT2D eigenvalue weighted by atomic mass is 10.2. The maximum absolute atomic E-state index is 13.9. The highest BCUT2D eigenvalue weighted by Gasteiger charge is 2.13. The van der Waals surface area contributed by atoms with Gasteiger partial charge in [-0.3, -0.25) is 0 Å². The fourth-order valence-corrected chi connectivity index (χ4v) is 2.77. The van der Waals surface area contributed by atoms with Gasteiger partial charge in [0.25, 0.3) is 0 Å². The molecule has 2 rings (SSSR count). The first kappa shape index (κ1) is 20.8. The van der Waals surface area contributed by atoms with Crippen LogP contribution in [0, 0.1) is 5.82 Å². The molecule has 7 heteroatoms. The molecule has 0 amide bonds. The van der Waals surface area contributed by atoms with Crippen LogP contribution in [0.2, 0.25) is 10.0 Å². The average Bonchev–Trinajstić information content (AvgIpc) is 2.59. The minimum Gasteiger partial charge on any atom is -0.493 e. The quantitative estimate of drug-likeness (QED) is 0.633. The van der Waals surface area contributed by atoms with Crippen LogP contribution >= 0.6 is 23.2 Å². The number of nitrogens with one attached hydrogen (secondary N) is 1. The zero-order valence-corrected chi connectivity index (χ0v) is 16.6. The van der Waals surface area contributed by atoms with Gasteiger partial charge in [0.15, 0.2) is 11.5 Å². The number of rotatable bonds is 9. The molecule has 26 heavy (non-hydrogen) atoms. The lowest BCUT2D eigenvalue weighted by Crippen LogP contribution is -2.26. The highest BCUT2D eigenvalue weighted by atomic mass is 35.5. The first-order valence-corrected chi connectivity index (χ1v) is 8.95. The Labute approximate surface area is 163 Å². The fraction of sp³-hybridized carbons (Fsp3) is 0.368. The van der Waals surface area contributed by atoms with Gasteiger partial charge in [-0.25, -0.2) is 4.39 Å². The number of nitrogens with zero attached hydrogens (tertiary/aromatic N) is 1. The Morgan fingerprint density at radius 2 is 1.88 bits per heavy atom. The maximum atomic E-state index is 13.9. The van der Waals surface area contributed by atoms with Gasteiger partial charge in [0.1, 0.15) is 12.4 Å². The van der Waals surface area contributed by atoms with Gasteiger partial charge in [0.2, 0.25) is 0 Å². The molecule has 0 aliphatic rings. The monoisotopic (exact) mass is 400 g/mol. The zero-order chi connectivity index (χ0) is 19.1. The standard InChI is InChI=1S/C19H23Cl2FN2O2/c1-24(2)8-7-23-11-13-9-18(25-3)19(10-16(13)21)26-12-14-15(20)5-4-6-17(14)22/h4-6,9-10,23H,7-8,11-12H2,1-3H3. The molecule has 2 aromatic carbocycles. The first-order chi connectivity index (χ1) is 12.4. The second kappa shape index (κ2) is 9.97. The Kier molecular flexibility index (Phi) is 7.97. The van der Waals surface area contributed by atoms with Crippen molar-refractivity contribution in [1.29, 1.82) is 0 Å². The van der Waals surface area contributed by atoms with Gasteiger partial charge in [0, 0.05) is 36.3 Å². The van der Waals surface area contributed by atoms with Crippen molar-refractivity contribution in [3.63, 3.8) is 0 Å². The third-order valence-corrected chi connectivity index (χ3v) is 4.52. The summed E-state index contributed by atoms with van der Waals surface area (Å²) in [6.07, 6.45) is 0. The highest BCUT2D eigenvalue weighted by Crippen LogP contribution is 2.34. The molecule has 0 aliphatic carbocycles. The van der Waals surface area contributed by atoms with Crippen molar-refractivity contribution in [3.8, 4) is 11.5 Å². The largest absolute Gasteiger partial charge is 0.493 e. The van der Waals surface area contributed by atoms with Gasteiger partial charge < -0.3 is 19.7 Å². The minimum absolute atomic E-state index is 0.0153. The van der Waals surface area contributed by atoms with E-state index in [4.69, 9.17) is 32.7 Å². The van der Waals surface area contributed by atoms with Gasteiger partial charge in [-0.1, -0.05) is 29.3 Å². The van der Waals surface area contributed by atoms with E-state index in [9.17, 15) is 4.39 Å². The third-order valence-electron chi connectivity index (χ3n) is 3.82. The van der Waals surface area contributed by atoms with E-state index in [0.29, 0.717) is 33.7 Å². The number of hydrogen-bond donors (Lipinski definition) is 1. The van der Waals surface area contributed by atoms with Gasteiger partial charge >= 0.3 is 0 Å². The third kappa shape index (κ3) is 5.74. The summed E-state index contributed by atoms with van der Waals surface area (Å²) in [6, 6.07) is 8.02. The Morgan fingerprint density at radius 3 is 2.54 bits per heavy atom. The summed E-state index contributed by atoms with van der Waals surface area (Å²) in [5.74, 6) is 0.560. The van der Waals surface area contributed by atoms with Crippen LogP contribution in [0.25, 0.3) is 0 Å². The van der Waals surface area contributed by atoms with E-state index < -0.39 is 5.82 Å². The molecule has 4 nitrogen and oxygen atoms in total. The summed E-state index contributed by atoms with van der Waals surface area (Å²) in [6.45, 7) is 2.37. The maximum Gasteiger partial charge on any atom is 0.163 e. The summed E-state index contributed by atoms with van der Waals surface area (Å²) in [5.41, 5.74) is 1.19. The predicted molar refractivity (Wildman–Crippen MR) is 104 cm³/mol. The molecule has 0 radical (unpaired) electrons. The number of likely N-dealkylation sites (N-methyl/N-ethyl adjacent to an activating group) is 1. The highest BCUT2D eigenvalue weighted by molar-refractivity contribution is 6.31. The van der Waals surface area contributed by atoms with Gasteiger partial charge in [-0.15, -0.1) is 0 Å². The number of halogens is 3. The van der Waals surface area contributed by atoms with Crippen molar-refractivity contribution in [3.05, 3.63) is 57.3 Å². The number of methoxy groups -OCH3 is 1. The lowest BCUT2D eigenvalue weighted by molar-refractivity contribution is 0.279. The SMILES string of the molecule is COc1cc(CNCCN(C)C)c(Cl)cc1OCc1c(F)cccc1Cl. The van der Waals surface area contributed by atoms with Crippen LogP contribution in [0.4, 0.5) is 4.39 Å². The lowest BCUT2D eigenvalue weighted by Gasteiger charge is -2.15. The van der Waals surface area contributed by atoms with Crippen LogP contribution in [-0.2, 0) is 13.2 Å². The fourth-order valence-electron chi connectivity index (χ4n) is 2.33. The van der Waals surface area contributed by atoms with E-state index in [1.165, 1.54) is 6.07 Å². The number of benzene rings is 2. The van der Waals surface area contributed by atoms with Gasteiger partial charge in [-0.05, 0) is 37.9 Å². The molecule has 142 valence electrons. The van der Waals surface area contributed by atoms with Crippen molar-refractivity contribution >= 4 is 23.2 Å². The molecule has 0 fully saturated rings. The summed E-state index contributed by atoms with van der Waals surface area (Å²) in [5, 5.41) is 4.20. The normalized spacial score (nSPS) is 11.0. The molecule has 0 heterocycles. The topological polar surface area (TPSA) is 33.7 Å². The van der Waals surface area contributed by atoms with E-state index in [1.807, 2.05) is 20.2 Å². The Balaban J connectivity index is 2.08. The van der Waals surface area contributed by atoms with E-state index in [-0.39, 0.29) is 6.61 Å². The molecule has 0 atom stereocenters. The Hall–Kier alpha value is -1.53. The molecule has 0 saturated carbocycles. The first-order valence-electron chi connectivity index (χ1n) is 8.20.